The predicted molar refractivity (Wildman–Crippen MR) is 92.2 cm³/mol. The summed E-state index contributed by atoms with van der Waals surface area (Å²) in [4.78, 5) is 0.997. The molecule has 2 aromatic rings. The number of rotatable bonds is 3. The molecule has 2 atom stereocenters. The maximum atomic E-state index is 12.7. The lowest BCUT2D eigenvalue weighted by molar-refractivity contribution is 0.472. The molecule has 1 saturated heterocycles. The Kier molecular flexibility index (Phi) is 5.29. The number of nitrogens with two attached hydrogens (primary N) is 1. The lowest BCUT2D eigenvalue weighted by atomic mass is 9.95. The van der Waals surface area contributed by atoms with Crippen LogP contribution in [0.15, 0.2) is 46.7 Å². The van der Waals surface area contributed by atoms with E-state index in [0.717, 1.165) is 10.4 Å². The van der Waals surface area contributed by atoms with E-state index in [1.165, 1.54) is 15.6 Å². The Labute approximate surface area is 141 Å². The standard InChI is InChI=1S/C15H18N2O2S2.ClH/c1-11-7-8-15(20-11)21(18,19)17-9-13(14(16)10-17)12-5-3-2-4-6-12;/h2-8,13-14H,9-10,16H2,1H3;1H/t13-,14+;/m0./s1. The van der Waals surface area contributed by atoms with E-state index in [9.17, 15) is 8.42 Å². The van der Waals surface area contributed by atoms with E-state index >= 15 is 0 Å². The molecule has 0 saturated carbocycles. The van der Waals surface area contributed by atoms with Gasteiger partial charge in [0.2, 0.25) is 0 Å². The van der Waals surface area contributed by atoms with Gasteiger partial charge in [-0.05, 0) is 24.6 Å². The highest BCUT2D eigenvalue weighted by Gasteiger charge is 2.38. The lowest BCUT2D eigenvalue weighted by Crippen LogP contribution is -2.31. The SMILES string of the molecule is Cc1ccc(S(=O)(=O)N2C[C@@H](N)[C@H](c3ccccc3)C2)s1.Cl. The highest BCUT2D eigenvalue weighted by molar-refractivity contribution is 7.91. The molecule has 1 aromatic heterocycles. The molecule has 0 spiro atoms. The van der Waals surface area contributed by atoms with Crippen molar-refractivity contribution in [3.8, 4) is 0 Å². The van der Waals surface area contributed by atoms with Crippen LogP contribution < -0.4 is 5.73 Å². The molecule has 1 aliphatic rings. The Morgan fingerprint density at radius 3 is 2.41 bits per heavy atom. The highest BCUT2D eigenvalue weighted by Crippen LogP contribution is 2.32. The summed E-state index contributed by atoms with van der Waals surface area (Å²) < 4.78 is 27.2. The van der Waals surface area contributed by atoms with E-state index in [4.69, 9.17) is 5.73 Å². The second-order valence-corrected chi connectivity index (χ2v) is 8.82. The smallest absolute Gasteiger partial charge is 0.252 e. The maximum absolute atomic E-state index is 12.7. The van der Waals surface area contributed by atoms with Gasteiger partial charge in [-0.1, -0.05) is 30.3 Å². The van der Waals surface area contributed by atoms with E-state index in [1.54, 1.807) is 6.07 Å². The van der Waals surface area contributed by atoms with Gasteiger partial charge >= 0.3 is 0 Å². The van der Waals surface area contributed by atoms with Crippen LogP contribution in [-0.2, 0) is 10.0 Å². The highest BCUT2D eigenvalue weighted by atomic mass is 35.5. The van der Waals surface area contributed by atoms with E-state index in [0.29, 0.717) is 17.3 Å². The van der Waals surface area contributed by atoms with Crippen LogP contribution in [0.25, 0.3) is 0 Å². The van der Waals surface area contributed by atoms with Crippen molar-refractivity contribution in [2.45, 2.75) is 23.1 Å². The van der Waals surface area contributed by atoms with Crippen LogP contribution in [0.1, 0.15) is 16.4 Å². The normalized spacial score (nSPS) is 22.5. The van der Waals surface area contributed by atoms with Crippen LogP contribution in [0.2, 0.25) is 0 Å². The Balaban J connectivity index is 0.00000176. The minimum Gasteiger partial charge on any atom is -0.326 e. The van der Waals surface area contributed by atoms with Crippen molar-refractivity contribution >= 4 is 33.8 Å². The third-order valence-electron chi connectivity index (χ3n) is 3.87. The largest absolute Gasteiger partial charge is 0.326 e. The van der Waals surface area contributed by atoms with Crippen LogP contribution in [0.4, 0.5) is 0 Å². The van der Waals surface area contributed by atoms with Gasteiger partial charge in [-0.25, -0.2) is 8.42 Å². The summed E-state index contributed by atoms with van der Waals surface area (Å²) in [7, 11) is -3.42. The van der Waals surface area contributed by atoms with Crippen LogP contribution in [0.3, 0.4) is 0 Å². The number of hydrogen-bond donors (Lipinski definition) is 1. The topological polar surface area (TPSA) is 63.4 Å². The van der Waals surface area contributed by atoms with Gasteiger partial charge in [0.1, 0.15) is 4.21 Å². The summed E-state index contributed by atoms with van der Waals surface area (Å²) in [5.74, 6) is 0.0574. The third kappa shape index (κ3) is 3.21. The molecule has 3 rings (SSSR count). The van der Waals surface area contributed by atoms with E-state index < -0.39 is 10.0 Å². The van der Waals surface area contributed by atoms with Crippen molar-refractivity contribution in [2.75, 3.05) is 13.1 Å². The van der Waals surface area contributed by atoms with Gasteiger partial charge in [-0.3, -0.25) is 0 Å². The van der Waals surface area contributed by atoms with Crippen molar-refractivity contribution < 1.29 is 8.42 Å². The number of thiophene rings is 1. The minimum absolute atomic E-state index is 0. The quantitative estimate of drug-likeness (QED) is 0.917. The number of sulfonamides is 1. The summed E-state index contributed by atoms with van der Waals surface area (Å²) >= 11 is 1.31. The second kappa shape index (κ2) is 6.68. The molecule has 7 heteroatoms. The zero-order valence-electron chi connectivity index (χ0n) is 12.2. The molecule has 2 N–H and O–H groups in total. The van der Waals surface area contributed by atoms with E-state index in [-0.39, 0.29) is 24.4 Å². The van der Waals surface area contributed by atoms with Crippen LogP contribution in [0.5, 0.6) is 0 Å². The average molecular weight is 359 g/mol. The zero-order chi connectivity index (χ0) is 15.0. The molecule has 2 heterocycles. The summed E-state index contributed by atoms with van der Waals surface area (Å²) in [6, 6.07) is 13.2. The molecule has 1 fully saturated rings. The second-order valence-electron chi connectivity index (χ2n) is 5.37. The Morgan fingerprint density at radius 2 is 1.82 bits per heavy atom. The number of nitrogens with zero attached hydrogens (tertiary/aromatic N) is 1. The molecular formula is C15H19ClN2O2S2. The summed E-state index contributed by atoms with van der Waals surface area (Å²) in [6.07, 6.45) is 0. The van der Waals surface area contributed by atoms with Gasteiger partial charge < -0.3 is 5.73 Å². The first-order valence-corrected chi connectivity index (χ1v) is 9.11. The fourth-order valence-corrected chi connectivity index (χ4v) is 5.66. The molecule has 4 nitrogen and oxygen atoms in total. The van der Waals surface area contributed by atoms with Crippen molar-refractivity contribution in [3.05, 3.63) is 52.9 Å². The van der Waals surface area contributed by atoms with Gasteiger partial charge in [-0.2, -0.15) is 4.31 Å². The van der Waals surface area contributed by atoms with Gasteiger partial charge in [-0.15, -0.1) is 23.7 Å². The molecule has 1 aromatic carbocycles. The first-order valence-electron chi connectivity index (χ1n) is 6.85. The first kappa shape index (κ1) is 17.4. The number of aryl methyl sites for hydroxylation is 1. The lowest BCUT2D eigenvalue weighted by Gasteiger charge is -2.15. The predicted octanol–water partition coefficient (Wildman–Crippen LogP) is 2.59. The molecule has 0 aliphatic carbocycles. The van der Waals surface area contributed by atoms with Crippen LogP contribution >= 0.6 is 23.7 Å². The molecular weight excluding hydrogens is 340 g/mol. The van der Waals surface area contributed by atoms with Crippen molar-refractivity contribution in [1.82, 2.24) is 4.31 Å². The molecule has 0 amide bonds. The maximum Gasteiger partial charge on any atom is 0.252 e. The molecule has 1 aliphatic heterocycles. The van der Waals surface area contributed by atoms with Crippen molar-refractivity contribution in [3.63, 3.8) is 0 Å². The first-order chi connectivity index (χ1) is 9.98. The number of hydrogen-bond acceptors (Lipinski definition) is 4. The summed E-state index contributed by atoms with van der Waals surface area (Å²) in [5.41, 5.74) is 7.28. The number of halogens is 1. The molecule has 120 valence electrons. The third-order valence-corrected chi connectivity index (χ3v) is 7.17. The fourth-order valence-electron chi connectivity index (χ4n) is 2.72. The van der Waals surface area contributed by atoms with Gasteiger partial charge in [0, 0.05) is 29.9 Å². The van der Waals surface area contributed by atoms with Crippen LogP contribution in [0, 0.1) is 6.92 Å². The minimum atomic E-state index is -3.42. The fraction of sp³-hybridized carbons (Fsp3) is 0.333. The number of benzene rings is 1. The zero-order valence-corrected chi connectivity index (χ0v) is 14.6. The summed E-state index contributed by atoms with van der Waals surface area (Å²) in [6.45, 7) is 2.73. The summed E-state index contributed by atoms with van der Waals surface area (Å²) in [5, 5.41) is 0. The van der Waals surface area contributed by atoms with Crippen LogP contribution in [-0.4, -0.2) is 31.9 Å². The average Bonchev–Trinajstić information content (AvgIpc) is 3.07. The van der Waals surface area contributed by atoms with E-state index in [1.807, 2.05) is 43.3 Å². The molecule has 22 heavy (non-hydrogen) atoms. The Hall–Kier alpha value is -0.920. The Bertz CT molecular complexity index is 731. The Morgan fingerprint density at radius 1 is 1.14 bits per heavy atom. The van der Waals surface area contributed by atoms with E-state index in [2.05, 4.69) is 0 Å². The molecule has 0 unspecified atom stereocenters. The van der Waals surface area contributed by atoms with Gasteiger partial charge in [0.15, 0.2) is 0 Å². The van der Waals surface area contributed by atoms with Gasteiger partial charge in [0.05, 0.1) is 0 Å². The molecule has 0 bridgehead atoms. The molecule has 0 radical (unpaired) electrons. The van der Waals surface area contributed by atoms with Crippen molar-refractivity contribution in [2.24, 2.45) is 5.73 Å². The van der Waals surface area contributed by atoms with Crippen molar-refractivity contribution in [1.29, 1.82) is 0 Å². The van der Waals surface area contributed by atoms with Gasteiger partial charge in [0.25, 0.3) is 10.0 Å². The monoisotopic (exact) mass is 358 g/mol.